The first-order valence-corrected chi connectivity index (χ1v) is 10.3. The number of hydrogen-bond donors (Lipinski definition) is 1. The van der Waals surface area contributed by atoms with Gasteiger partial charge in [-0.2, -0.15) is 11.8 Å². The van der Waals surface area contributed by atoms with E-state index in [1.54, 1.807) is 17.8 Å². The van der Waals surface area contributed by atoms with Crippen molar-refractivity contribution in [2.45, 2.75) is 43.1 Å². The molecule has 1 aliphatic carbocycles. The fourth-order valence-electron chi connectivity index (χ4n) is 3.31. The Morgan fingerprint density at radius 3 is 2.81 bits per heavy atom. The number of nitrogens with zero attached hydrogens (tertiary/aromatic N) is 1. The molecule has 2 fully saturated rings. The highest BCUT2D eigenvalue weighted by atomic mass is 32.2. The van der Waals surface area contributed by atoms with Crippen LogP contribution in [-0.4, -0.2) is 35.0 Å². The Morgan fingerprint density at radius 1 is 1.27 bits per heavy atom. The van der Waals surface area contributed by atoms with Crippen LogP contribution in [0.5, 0.6) is 5.75 Å². The number of halogens is 1. The van der Waals surface area contributed by atoms with E-state index in [0.717, 1.165) is 26.1 Å². The lowest BCUT2D eigenvalue weighted by molar-refractivity contribution is 0.1000. The van der Waals surface area contributed by atoms with E-state index < -0.39 is 11.4 Å². The quantitative estimate of drug-likeness (QED) is 0.831. The average Bonchev–Trinajstić information content (AvgIpc) is 2.59. The lowest BCUT2D eigenvalue weighted by Crippen LogP contribution is -2.20. The van der Waals surface area contributed by atoms with Crippen LogP contribution in [0.25, 0.3) is 10.9 Å². The van der Waals surface area contributed by atoms with Crippen molar-refractivity contribution < 1.29 is 13.9 Å². The van der Waals surface area contributed by atoms with Crippen LogP contribution in [-0.2, 0) is 10.5 Å². The average molecular weight is 378 g/mol. The molecule has 1 N–H and O–H groups in total. The van der Waals surface area contributed by atoms with Crippen molar-refractivity contribution in [3.05, 3.63) is 34.1 Å². The van der Waals surface area contributed by atoms with Gasteiger partial charge in [0.1, 0.15) is 22.8 Å². The van der Waals surface area contributed by atoms with Crippen LogP contribution in [0.1, 0.15) is 37.9 Å². The van der Waals surface area contributed by atoms with Gasteiger partial charge in [0.2, 0.25) is 0 Å². The fourth-order valence-corrected chi connectivity index (χ4v) is 4.37. The number of H-pyrrole nitrogens is 1. The second-order valence-corrected chi connectivity index (χ2v) is 8.33. The van der Waals surface area contributed by atoms with Crippen LogP contribution in [0.3, 0.4) is 0 Å². The highest BCUT2D eigenvalue weighted by molar-refractivity contribution is 7.99. The Bertz CT molecular complexity index is 831. The van der Waals surface area contributed by atoms with Crippen LogP contribution in [0.15, 0.2) is 16.9 Å². The maximum absolute atomic E-state index is 14.4. The highest BCUT2D eigenvalue weighted by Gasteiger charge is 2.19. The third-order valence-corrected chi connectivity index (χ3v) is 6.50. The van der Waals surface area contributed by atoms with E-state index in [2.05, 4.69) is 9.97 Å². The van der Waals surface area contributed by atoms with Crippen molar-refractivity contribution in [1.29, 1.82) is 0 Å². The largest absolute Gasteiger partial charge is 0.493 e. The number of aromatic nitrogens is 2. The molecule has 1 aliphatic heterocycles. The number of thioether (sulfide) groups is 1. The molecule has 4 rings (SSSR count). The minimum absolute atomic E-state index is 0.000751. The minimum Gasteiger partial charge on any atom is -0.493 e. The first kappa shape index (κ1) is 17.8. The molecule has 2 aliphatic rings. The number of ether oxygens (including phenoxy) is 2. The van der Waals surface area contributed by atoms with Crippen molar-refractivity contribution in [3.63, 3.8) is 0 Å². The molecule has 0 atom stereocenters. The van der Waals surface area contributed by atoms with E-state index in [1.807, 2.05) is 0 Å². The summed E-state index contributed by atoms with van der Waals surface area (Å²) in [7, 11) is 0. The van der Waals surface area contributed by atoms with E-state index in [4.69, 9.17) is 9.47 Å². The van der Waals surface area contributed by atoms with Crippen molar-refractivity contribution in [3.8, 4) is 5.75 Å². The molecule has 26 heavy (non-hydrogen) atoms. The standard InChI is InChI=1S/C19H23FN2O3S/c20-15-8-13(25-10-12-2-1-3-12)9-16-18(15)19(23)22-17(21-16)11-26-14-4-6-24-7-5-14/h8-9,12,14H,1-7,10-11H2,(H,21,22,23). The van der Waals surface area contributed by atoms with Crippen molar-refractivity contribution in [2.24, 2.45) is 5.92 Å². The molecule has 0 bridgehead atoms. The number of hydrogen-bond acceptors (Lipinski definition) is 5. The molecule has 140 valence electrons. The maximum Gasteiger partial charge on any atom is 0.261 e. The number of fused-ring (bicyclic) bond motifs is 1. The van der Waals surface area contributed by atoms with Gasteiger partial charge in [0, 0.05) is 30.6 Å². The van der Waals surface area contributed by atoms with Gasteiger partial charge in [-0.3, -0.25) is 4.79 Å². The van der Waals surface area contributed by atoms with Crippen molar-refractivity contribution in [2.75, 3.05) is 19.8 Å². The van der Waals surface area contributed by atoms with E-state index >= 15 is 0 Å². The Morgan fingerprint density at radius 2 is 2.08 bits per heavy atom. The Hall–Kier alpha value is -1.60. The van der Waals surface area contributed by atoms with Crippen LogP contribution in [0.4, 0.5) is 4.39 Å². The van der Waals surface area contributed by atoms with Gasteiger partial charge in [-0.15, -0.1) is 0 Å². The highest BCUT2D eigenvalue weighted by Crippen LogP contribution is 2.29. The fraction of sp³-hybridized carbons (Fsp3) is 0.579. The summed E-state index contributed by atoms with van der Waals surface area (Å²) in [4.78, 5) is 19.5. The zero-order valence-corrected chi connectivity index (χ0v) is 15.4. The number of rotatable bonds is 6. The first-order chi connectivity index (χ1) is 12.7. The summed E-state index contributed by atoms with van der Waals surface area (Å²) in [5.74, 6) is 1.61. The maximum atomic E-state index is 14.4. The molecular formula is C19H23FN2O3S. The third kappa shape index (κ3) is 4.04. The van der Waals surface area contributed by atoms with Gasteiger partial charge in [-0.25, -0.2) is 9.37 Å². The molecule has 0 amide bonds. The van der Waals surface area contributed by atoms with E-state index in [-0.39, 0.29) is 5.39 Å². The second-order valence-electron chi connectivity index (χ2n) is 7.04. The van der Waals surface area contributed by atoms with Crippen LogP contribution >= 0.6 is 11.8 Å². The Labute approximate surface area is 155 Å². The number of benzene rings is 1. The van der Waals surface area contributed by atoms with Crippen LogP contribution in [0.2, 0.25) is 0 Å². The topological polar surface area (TPSA) is 64.2 Å². The lowest BCUT2D eigenvalue weighted by Gasteiger charge is -2.25. The Kier molecular flexibility index (Phi) is 5.45. The summed E-state index contributed by atoms with van der Waals surface area (Å²) in [6.07, 6.45) is 5.60. The van der Waals surface area contributed by atoms with E-state index in [9.17, 15) is 9.18 Å². The van der Waals surface area contributed by atoms with Gasteiger partial charge in [-0.05, 0) is 31.6 Å². The molecule has 1 aromatic carbocycles. The molecule has 2 aromatic rings. The molecule has 0 radical (unpaired) electrons. The molecule has 1 saturated heterocycles. The zero-order valence-electron chi connectivity index (χ0n) is 14.6. The molecule has 2 heterocycles. The van der Waals surface area contributed by atoms with Crippen molar-refractivity contribution >= 4 is 22.7 Å². The van der Waals surface area contributed by atoms with Gasteiger partial charge in [0.05, 0.1) is 17.9 Å². The summed E-state index contributed by atoms with van der Waals surface area (Å²) in [6.45, 7) is 2.17. The summed E-state index contributed by atoms with van der Waals surface area (Å²) >= 11 is 1.76. The molecular weight excluding hydrogens is 355 g/mol. The predicted molar refractivity (Wildman–Crippen MR) is 100 cm³/mol. The third-order valence-electron chi connectivity index (χ3n) is 5.12. The van der Waals surface area contributed by atoms with Crippen LogP contribution < -0.4 is 10.3 Å². The Balaban J connectivity index is 1.51. The number of aromatic amines is 1. The molecule has 0 spiro atoms. The molecule has 1 aromatic heterocycles. The summed E-state index contributed by atoms with van der Waals surface area (Å²) < 4.78 is 25.5. The van der Waals surface area contributed by atoms with Gasteiger partial charge in [0.15, 0.2) is 0 Å². The number of nitrogens with one attached hydrogen (secondary N) is 1. The van der Waals surface area contributed by atoms with E-state index in [1.165, 1.54) is 25.3 Å². The molecule has 7 heteroatoms. The van der Waals surface area contributed by atoms with Gasteiger partial charge >= 0.3 is 0 Å². The molecule has 1 saturated carbocycles. The molecule has 0 unspecified atom stereocenters. The monoisotopic (exact) mass is 378 g/mol. The van der Waals surface area contributed by atoms with Gasteiger partial charge < -0.3 is 14.5 Å². The summed E-state index contributed by atoms with van der Waals surface area (Å²) in [5.41, 5.74) is -0.0689. The van der Waals surface area contributed by atoms with Crippen molar-refractivity contribution in [1.82, 2.24) is 9.97 Å². The van der Waals surface area contributed by atoms with Gasteiger partial charge in [0.25, 0.3) is 5.56 Å². The van der Waals surface area contributed by atoms with Crippen LogP contribution in [0, 0.1) is 11.7 Å². The SMILES string of the molecule is O=c1[nH]c(CSC2CCOCC2)nc2cc(OCC3CCC3)cc(F)c12. The summed E-state index contributed by atoms with van der Waals surface area (Å²) in [5, 5.41) is 0.513. The molecule has 5 nitrogen and oxygen atoms in total. The smallest absolute Gasteiger partial charge is 0.261 e. The second kappa shape index (κ2) is 7.96. The summed E-state index contributed by atoms with van der Waals surface area (Å²) in [6, 6.07) is 2.96. The lowest BCUT2D eigenvalue weighted by atomic mass is 9.86. The van der Waals surface area contributed by atoms with E-state index in [0.29, 0.717) is 40.6 Å². The predicted octanol–water partition coefficient (Wildman–Crippen LogP) is 3.65. The normalized spacial score (nSPS) is 18.8. The zero-order chi connectivity index (χ0) is 17.9. The minimum atomic E-state index is -0.580. The first-order valence-electron chi connectivity index (χ1n) is 9.23. The van der Waals surface area contributed by atoms with Gasteiger partial charge in [-0.1, -0.05) is 6.42 Å².